The van der Waals surface area contributed by atoms with Gasteiger partial charge in [-0.15, -0.1) is 0 Å². The third-order valence-corrected chi connectivity index (χ3v) is 4.58. The van der Waals surface area contributed by atoms with Gasteiger partial charge < -0.3 is 4.74 Å². The fourth-order valence-electron chi connectivity index (χ4n) is 3.24. The standard InChI is InChI=1S/C22H30O/c1-3-7-19-10-12-20(13-11-19)8-5-6-9-21-14-16-22(17-15-21)23-18-4-2/h5,8,14-17,19-20H,3-4,7,10-13,18H2,1-2H3/t19-,20-. The highest BCUT2D eigenvalue weighted by Gasteiger charge is 2.18. The Balaban J connectivity index is 1.76. The van der Waals surface area contributed by atoms with Crippen molar-refractivity contribution in [2.45, 2.75) is 58.8 Å². The van der Waals surface area contributed by atoms with E-state index in [0.29, 0.717) is 0 Å². The molecule has 1 nitrogen and oxygen atoms in total. The van der Waals surface area contributed by atoms with E-state index >= 15 is 0 Å². The molecule has 2 rings (SSSR count). The van der Waals surface area contributed by atoms with Gasteiger partial charge in [0, 0.05) is 5.56 Å². The third kappa shape index (κ3) is 6.53. The van der Waals surface area contributed by atoms with Crippen molar-refractivity contribution in [3.63, 3.8) is 0 Å². The number of rotatable bonds is 6. The average molecular weight is 310 g/mol. The normalized spacial score (nSPS) is 21.0. The average Bonchev–Trinajstić information content (AvgIpc) is 2.59. The number of benzene rings is 1. The molecular formula is C22H30O. The van der Waals surface area contributed by atoms with E-state index in [4.69, 9.17) is 4.74 Å². The summed E-state index contributed by atoms with van der Waals surface area (Å²) < 4.78 is 5.58. The molecule has 1 aromatic rings. The minimum Gasteiger partial charge on any atom is -0.494 e. The van der Waals surface area contributed by atoms with Crippen LogP contribution in [0.25, 0.3) is 0 Å². The zero-order chi connectivity index (χ0) is 16.3. The van der Waals surface area contributed by atoms with Crippen LogP contribution in [0.15, 0.2) is 36.4 Å². The summed E-state index contributed by atoms with van der Waals surface area (Å²) in [6.45, 7) is 5.18. The Labute approximate surface area is 142 Å². The molecule has 1 aliphatic rings. The van der Waals surface area contributed by atoms with Gasteiger partial charge in [-0.05, 0) is 74.3 Å². The molecule has 1 fully saturated rings. The predicted octanol–water partition coefficient (Wildman–Crippen LogP) is 5.99. The molecule has 1 aromatic carbocycles. The first-order chi connectivity index (χ1) is 11.3. The van der Waals surface area contributed by atoms with Gasteiger partial charge in [-0.25, -0.2) is 0 Å². The maximum Gasteiger partial charge on any atom is 0.119 e. The van der Waals surface area contributed by atoms with Crippen LogP contribution in [-0.4, -0.2) is 6.61 Å². The van der Waals surface area contributed by atoms with Gasteiger partial charge in [-0.2, -0.15) is 0 Å². The second-order valence-electron chi connectivity index (χ2n) is 6.57. The Morgan fingerprint density at radius 1 is 1.04 bits per heavy atom. The summed E-state index contributed by atoms with van der Waals surface area (Å²) in [6.07, 6.45) is 13.6. The Morgan fingerprint density at radius 3 is 2.43 bits per heavy atom. The van der Waals surface area contributed by atoms with Crippen molar-refractivity contribution in [3.05, 3.63) is 42.0 Å². The molecular weight excluding hydrogens is 280 g/mol. The van der Waals surface area contributed by atoms with Crippen LogP contribution in [0.3, 0.4) is 0 Å². The molecule has 0 spiro atoms. The number of hydrogen-bond acceptors (Lipinski definition) is 1. The fraction of sp³-hybridized carbons (Fsp3) is 0.545. The summed E-state index contributed by atoms with van der Waals surface area (Å²) >= 11 is 0. The molecule has 0 N–H and O–H groups in total. The lowest BCUT2D eigenvalue weighted by molar-refractivity contribution is 0.294. The Bertz CT molecular complexity index is 521. The van der Waals surface area contributed by atoms with Crippen LogP contribution in [0.1, 0.15) is 64.4 Å². The molecule has 1 saturated carbocycles. The van der Waals surface area contributed by atoms with E-state index in [1.807, 2.05) is 30.3 Å². The first kappa shape index (κ1) is 17.7. The Morgan fingerprint density at radius 2 is 1.78 bits per heavy atom. The molecule has 0 atom stereocenters. The highest BCUT2D eigenvalue weighted by atomic mass is 16.5. The van der Waals surface area contributed by atoms with Crippen LogP contribution in [-0.2, 0) is 0 Å². The van der Waals surface area contributed by atoms with E-state index in [9.17, 15) is 0 Å². The quantitative estimate of drug-likeness (QED) is 0.586. The molecule has 1 heteroatoms. The third-order valence-electron chi connectivity index (χ3n) is 4.58. The lowest BCUT2D eigenvalue weighted by atomic mass is 9.80. The second-order valence-corrected chi connectivity index (χ2v) is 6.57. The van der Waals surface area contributed by atoms with Gasteiger partial charge in [-0.3, -0.25) is 0 Å². The smallest absolute Gasteiger partial charge is 0.119 e. The van der Waals surface area contributed by atoms with Crippen LogP contribution in [0.5, 0.6) is 5.75 Å². The second kappa shape index (κ2) is 10.2. The molecule has 124 valence electrons. The van der Waals surface area contributed by atoms with Crippen molar-refractivity contribution < 1.29 is 4.74 Å². The largest absolute Gasteiger partial charge is 0.494 e. The molecule has 23 heavy (non-hydrogen) atoms. The number of hydrogen-bond donors (Lipinski definition) is 0. The molecule has 0 bridgehead atoms. The van der Waals surface area contributed by atoms with Crippen molar-refractivity contribution in [2.24, 2.45) is 11.8 Å². The minimum atomic E-state index is 0.738. The van der Waals surface area contributed by atoms with Gasteiger partial charge in [0.1, 0.15) is 5.75 Å². The number of allylic oxidation sites excluding steroid dienone is 2. The monoisotopic (exact) mass is 310 g/mol. The van der Waals surface area contributed by atoms with Crippen molar-refractivity contribution in [1.82, 2.24) is 0 Å². The van der Waals surface area contributed by atoms with E-state index in [1.54, 1.807) is 0 Å². The number of ether oxygens (including phenoxy) is 1. The van der Waals surface area contributed by atoms with Crippen molar-refractivity contribution in [2.75, 3.05) is 6.61 Å². The maximum atomic E-state index is 5.58. The maximum absolute atomic E-state index is 5.58. The summed E-state index contributed by atoms with van der Waals surface area (Å²) in [5.74, 6) is 9.02. The van der Waals surface area contributed by atoms with Gasteiger partial charge in [0.05, 0.1) is 6.61 Å². The van der Waals surface area contributed by atoms with Gasteiger partial charge in [-0.1, -0.05) is 44.6 Å². The molecule has 0 amide bonds. The highest BCUT2D eigenvalue weighted by molar-refractivity contribution is 5.40. The van der Waals surface area contributed by atoms with E-state index in [0.717, 1.165) is 36.2 Å². The fourth-order valence-corrected chi connectivity index (χ4v) is 3.24. The Kier molecular flexibility index (Phi) is 7.81. The first-order valence-electron chi connectivity index (χ1n) is 9.22. The summed E-state index contributed by atoms with van der Waals surface area (Å²) in [5.41, 5.74) is 1.05. The summed E-state index contributed by atoms with van der Waals surface area (Å²) in [5, 5.41) is 0. The van der Waals surface area contributed by atoms with E-state index in [1.165, 1.54) is 38.5 Å². The molecule has 0 aromatic heterocycles. The van der Waals surface area contributed by atoms with Gasteiger partial charge in [0.15, 0.2) is 0 Å². The lowest BCUT2D eigenvalue weighted by Crippen LogP contribution is -2.12. The van der Waals surface area contributed by atoms with Crippen LogP contribution in [0.4, 0.5) is 0 Å². The molecule has 0 aliphatic heterocycles. The van der Waals surface area contributed by atoms with Crippen molar-refractivity contribution >= 4 is 0 Å². The van der Waals surface area contributed by atoms with Crippen LogP contribution >= 0.6 is 0 Å². The van der Waals surface area contributed by atoms with Gasteiger partial charge in [0.2, 0.25) is 0 Å². The van der Waals surface area contributed by atoms with Crippen molar-refractivity contribution in [1.29, 1.82) is 0 Å². The lowest BCUT2D eigenvalue weighted by Gasteiger charge is -2.26. The summed E-state index contributed by atoms with van der Waals surface area (Å²) in [6, 6.07) is 8.06. The van der Waals surface area contributed by atoms with Gasteiger partial charge >= 0.3 is 0 Å². The van der Waals surface area contributed by atoms with Gasteiger partial charge in [0.25, 0.3) is 0 Å². The predicted molar refractivity (Wildman–Crippen MR) is 98.6 cm³/mol. The first-order valence-corrected chi connectivity index (χ1v) is 9.22. The van der Waals surface area contributed by atoms with Crippen molar-refractivity contribution in [3.8, 4) is 17.6 Å². The van der Waals surface area contributed by atoms with E-state index < -0.39 is 0 Å². The minimum absolute atomic E-state index is 0.738. The molecule has 0 radical (unpaired) electrons. The summed E-state index contributed by atoms with van der Waals surface area (Å²) in [4.78, 5) is 0. The molecule has 0 unspecified atom stereocenters. The van der Waals surface area contributed by atoms with Crippen LogP contribution in [0, 0.1) is 23.7 Å². The van der Waals surface area contributed by atoms with E-state index in [2.05, 4.69) is 31.8 Å². The highest BCUT2D eigenvalue weighted by Crippen LogP contribution is 2.31. The topological polar surface area (TPSA) is 9.23 Å². The van der Waals surface area contributed by atoms with Crippen LogP contribution < -0.4 is 4.74 Å². The van der Waals surface area contributed by atoms with Crippen LogP contribution in [0.2, 0.25) is 0 Å². The molecule has 0 heterocycles. The van der Waals surface area contributed by atoms with E-state index in [-0.39, 0.29) is 0 Å². The Hall–Kier alpha value is -1.68. The zero-order valence-corrected chi connectivity index (χ0v) is 14.7. The summed E-state index contributed by atoms with van der Waals surface area (Å²) in [7, 11) is 0. The molecule has 1 aliphatic carbocycles. The molecule has 0 saturated heterocycles. The zero-order valence-electron chi connectivity index (χ0n) is 14.7. The SMILES string of the molecule is CCCOc1ccc(C#CC=C[C@H]2CC[C@H](CCC)CC2)cc1.